The molecule has 0 saturated carbocycles. The van der Waals surface area contributed by atoms with Crippen LogP contribution in [0.5, 0.6) is 5.75 Å². The van der Waals surface area contributed by atoms with Gasteiger partial charge in [-0.05, 0) is 57.8 Å². The van der Waals surface area contributed by atoms with E-state index in [-0.39, 0.29) is 6.04 Å². The minimum absolute atomic E-state index is 0.235. The van der Waals surface area contributed by atoms with E-state index in [2.05, 4.69) is 46.2 Å². The Morgan fingerprint density at radius 3 is 2.39 bits per heavy atom. The minimum Gasteiger partial charge on any atom is -0.492 e. The van der Waals surface area contributed by atoms with Crippen molar-refractivity contribution in [2.24, 2.45) is 0 Å². The molecule has 0 fully saturated rings. The summed E-state index contributed by atoms with van der Waals surface area (Å²) < 4.78 is 12.1. The molecule has 160 valence electrons. The molecule has 2 aromatic carbocycles. The lowest BCUT2D eigenvalue weighted by Gasteiger charge is -2.12. The van der Waals surface area contributed by atoms with Gasteiger partial charge in [-0.3, -0.25) is 0 Å². The second kappa shape index (κ2) is 9.18. The molecule has 4 rings (SSSR count). The molecule has 31 heavy (non-hydrogen) atoms. The third-order valence-corrected chi connectivity index (χ3v) is 4.90. The molecule has 0 saturated heterocycles. The van der Waals surface area contributed by atoms with Gasteiger partial charge in [-0.2, -0.15) is 0 Å². The number of fused-ring (bicyclic) bond motifs is 1. The van der Waals surface area contributed by atoms with E-state index < -0.39 is 0 Å². The van der Waals surface area contributed by atoms with Gasteiger partial charge in [0.05, 0.1) is 5.39 Å². The monoisotopic (exact) mass is 416 g/mol. The number of nitrogens with one attached hydrogen (secondary N) is 1. The molecular weight excluding hydrogens is 388 g/mol. The molecule has 2 aromatic heterocycles. The summed E-state index contributed by atoms with van der Waals surface area (Å²) in [4.78, 5) is 11.0. The number of ether oxygens (including phenoxy) is 1. The standard InChI is InChI=1S/C25H28N4O2/c1-17(2)28-24-22-21(18-8-6-5-7-9-18)23(31-25(22)27-16-26-24)19-10-12-20(13-11-19)30-15-14-29(3)4/h5-13,16-17H,14-15H2,1-4H3,(H,26,27,28). The van der Waals surface area contributed by atoms with Crippen molar-refractivity contribution in [2.75, 3.05) is 32.6 Å². The van der Waals surface area contributed by atoms with Crippen LogP contribution in [0, 0.1) is 0 Å². The summed E-state index contributed by atoms with van der Waals surface area (Å²) in [6.45, 7) is 5.69. The zero-order valence-corrected chi connectivity index (χ0v) is 18.4. The highest BCUT2D eigenvalue weighted by atomic mass is 16.5. The van der Waals surface area contributed by atoms with Gasteiger partial charge in [0, 0.05) is 23.7 Å². The number of rotatable bonds is 8. The number of nitrogens with zero attached hydrogens (tertiary/aromatic N) is 3. The van der Waals surface area contributed by atoms with Crippen LogP contribution in [-0.2, 0) is 0 Å². The molecule has 0 unspecified atom stereocenters. The van der Waals surface area contributed by atoms with Gasteiger partial charge in [0.25, 0.3) is 0 Å². The lowest BCUT2D eigenvalue weighted by molar-refractivity contribution is 0.261. The van der Waals surface area contributed by atoms with Crippen molar-refractivity contribution in [3.05, 3.63) is 60.9 Å². The fourth-order valence-electron chi connectivity index (χ4n) is 3.45. The number of benzene rings is 2. The molecule has 0 aliphatic heterocycles. The highest BCUT2D eigenvalue weighted by Crippen LogP contribution is 2.42. The highest BCUT2D eigenvalue weighted by Gasteiger charge is 2.22. The maximum atomic E-state index is 6.28. The Hall–Kier alpha value is -3.38. The fourth-order valence-corrected chi connectivity index (χ4v) is 3.45. The van der Waals surface area contributed by atoms with Crippen LogP contribution in [-0.4, -0.2) is 48.2 Å². The smallest absolute Gasteiger partial charge is 0.232 e. The first-order valence-corrected chi connectivity index (χ1v) is 10.5. The van der Waals surface area contributed by atoms with Gasteiger partial charge >= 0.3 is 0 Å². The van der Waals surface area contributed by atoms with Crippen molar-refractivity contribution in [1.29, 1.82) is 0 Å². The predicted octanol–water partition coefficient (Wildman–Crippen LogP) is 5.32. The van der Waals surface area contributed by atoms with Crippen LogP contribution in [0.15, 0.2) is 65.3 Å². The van der Waals surface area contributed by atoms with Crippen LogP contribution in [0.2, 0.25) is 0 Å². The molecule has 2 heterocycles. The topological polar surface area (TPSA) is 63.4 Å². The molecular formula is C25H28N4O2. The minimum atomic E-state index is 0.235. The third-order valence-electron chi connectivity index (χ3n) is 4.90. The summed E-state index contributed by atoms with van der Waals surface area (Å²) in [7, 11) is 4.06. The van der Waals surface area contributed by atoms with Crippen molar-refractivity contribution in [1.82, 2.24) is 14.9 Å². The number of likely N-dealkylation sites (N-methyl/N-ethyl adjacent to an activating group) is 1. The first-order valence-electron chi connectivity index (χ1n) is 10.5. The maximum Gasteiger partial charge on any atom is 0.232 e. The van der Waals surface area contributed by atoms with Gasteiger partial charge in [0.1, 0.15) is 30.3 Å². The van der Waals surface area contributed by atoms with E-state index in [1.807, 2.05) is 56.6 Å². The molecule has 6 heteroatoms. The number of anilines is 1. The first-order chi connectivity index (χ1) is 15.0. The van der Waals surface area contributed by atoms with Crippen molar-refractivity contribution in [2.45, 2.75) is 19.9 Å². The summed E-state index contributed by atoms with van der Waals surface area (Å²) in [5.41, 5.74) is 3.58. The van der Waals surface area contributed by atoms with E-state index in [1.54, 1.807) is 0 Å². The largest absolute Gasteiger partial charge is 0.492 e. The predicted molar refractivity (Wildman–Crippen MR) is 125 cm³/mol. The summed E-state index contributed by atoms with van der Waals surface area (Å²) >= 11 is 0. The lowest BCUT2D eigenvalue weighted by atomic mass is 9.99. The summed E-state index contributed by atoms with van der Waals surface area (Å²) in [6, 6.07) is 18.5. The zero-order valence-electron chi connectivity index (χ0n) is 18.4. The van der Waals surface area contributed by atoms with Gasteiger partial charge in [-0.15, -0.1) is 0 Å². The van der Waals surface area contributed by atoms with Crippen LogP contribution >= 0.6 is 0 Å². The Morgan fingerprint density at radius 2 is 1.71 bits per heavy atom. The Balaban J connectivity index is 1.79. The molecule has 0 bridgehead atoms. The van der Waals surface area contributed by atoms with Crippen LogP contribution < -0.4 is 10.1 Å². The molecule has 0 amide bonds. The molecule has 0 aliphatic rings. The maximum absolute atomic E-state index is 6.28. The molecule has 0 radical (unpaired) electrons. The van der Waals surface area contributed by atoms with Crippen molar-refractivity contribution < 1.29 is 9.15 Å². The normalized spacial score (nSPS) is 11.4. The zero-order chi connectivity index (χ0) is 21.8. The van der Waals surface area contributed by atoms with Crippen molar-refractivity contribution in [3.63, 3.8) is 0 Å². The number of furan rings is 1. The van der Waals surface area contributed by atoms with E-state index in [0.717, 1.165) is 45.9 Å². The van der Waals surface area contributed by atoms with E-state index in [1.165, 1.54) is 6.33 Å². The van der Waals surface area contributed by atoms with Gasteiger partial charge in [-0.1, -0.05) is 30.3 Å². The third kappa shape index (κ3) is 4.70. The van der Waals surface area contributed by atoms with E-state index in [0.29, 0.717) is 12.3 Å². The van der Waals surface area contributed by atoms with Crippen molar-refractivity contribution >= 4 is 16.9 Å². The molecule has 6 nitrogen and oxygen atoms in total. The quantitative estimate of drug-likeness (QED) is 0.420. The summed E-state index contributed by atoms with van der Waals surface area (Å²) in [5.74, 6) is 2.38. The molecule has 0 spiro atoms. The van der Waals surface area contributed by atoms with Crippen LogP contribution in [0.3, 0.4) is 0 Å². The van der Waals surface area contributed by atoms with Gasteiger partial charge < -0.3 is 19.4 Å². The second-order valence-electron chi connectivity index (χ2n) is 8.05. The van der Waals surface area contributed by atoms with Crippen LogP contribution in [0.4, 0.5) is 5.82 Å². The highest BCUT2D eigenvalue weighted by molar-refractivity contribution is 6.05. The van der Waals surface area contributed by atoms with E-state index in [9.17, 15) is 0 Å². The first kappa shape index (κ1) is 20.9. The number of aromatic nitrogens is 2. The SMILES string of the molecule is CC(C)Nc1ncnc2oc(-c3ccc(OCCN(C)C)cc3)c(-c3ccccc3)c12. The molecule has 0 atom stereocenters. The molecule has 1 N–H and O–H groups in total. The van der Waals surface area contributed by atoms with Gasteiger partial charge in [0.2, 0.25) is 5.71 Å². The Kier molecular flexibility index (Phi) is 6.18. The lowest BCUT2D eigenvalue weighted by Crippen LogP contribution is -2.19. The second-order valence-corrected chi connectivity index (χ2v) is 8.05. The number of hydrogen-bond acceptors (Lipinski definition) is 6. The summed E-state index contributed by atoms with van der Waals surface area (Å²) in [5, 5.41) is 4.32. The average Bonchev–Trinajstić information content (AvgIpc) is 3.15. The van der Waals surface area contributed by atoms with E-state index >= 15 is 0 Å². The molecule has 0 aliphatic carbocycles. The Bertz CT molecular complexity index is 1140. The Labute approximate surface area is 182 Å². The van der Waals surface area contributed by atoms with Crippen LogP contribution in [0.1, 0.15) is 13.8 Å². The van der Waals surface area contributed by atoms with Crippen molar-refractivity contribution in [3.8, 4) is 28.2 Å². The molecule has 4 aromatic rings. The summed E-state index contributed by atoms with van der Waals surface area (Å²) in [6.07, 6.45) is 1.54. The Morgan fingerprint density at radius 1 is 0.968 bits per heavy atom. The fraction of sp³-hybridized carbons (Fsp3) is 0.280. The van der Waals surface area contributed by atoms with E-state index in [4.69, 9.17) is 9.15 Å². The van der Waals surface area contributed by atoms with Crippen LogP contribution in [0.25, 0.3) is 33.6 Å². The average molecular weight is 417 g/mol. The van der Waals surface area contributed by atoms with Gasteiger partial charge in [0.15, 0.2) is 0 Å². The van der Waals surface area contributed by atoms with Gasteiger partial charge in [-0.25, -0.2) is 9.97 Å². The number of hydrogen-bond donors (Lipinski definition) is 1.